The molecule has 1 saturated heterocycles. The van der Waals surface area contributed by atoms with Crippen LogP contribution in [0.15, 0.2) is 22.7 Å². The van der Waals surface area contributed by atoms with Crippen molar-refractivity contribution in [3.05, 3.63) is 28.2 Å². The number of halogens is 1. The number of phenolic OH excluding ortho intramolecular Hbond substituents is 1. The molecule has 0 aromatic heterocycles. The van der Waals surface area contributed by atoms with Crippen LogP contribution in [0.3, 0.4) is 0 Å². The summed E-state index contributed by atoms with van der Waals surface area (Å²) in [5.41, 5.74) is 0.216. The number of aliphatic carboxylic acids is 1. The van der Waals surface area contributed by atoms with Gasteiger partial charge in [0, 0.05) is 23.1 Å². The number of rotatable bonds is 5. The molecule has 0 spiro atoms. The van der Waals surface area contributed by atoms with Crippen molar-refractivity contribution in [1.82, 2.24) is 4.90 Å². The zero-order valence-electron chi connectivity index (χ0n) is 11.6. The van der Waals surface area contributed by atoms with Gasteiger partial charge in [0.1, 0.15) is 5.75 Å². The SMILES string of the molecule is CCCC1(C(=O)O)CCN(Cc2cc(Br)ccc2O)C1. The lowest BCUT2D eigenvalue weighted by Crippen LogP contribution is -2.34. The molecule has 1 fully saturated rings. The third-order valence-corrected chi connectivity index (χ3v) is 4.54. The van der Waals surface area contributed by atoms with Crippen LogP contribution in [0.5, 0.6) is 5.75 Å². The van der Waals surface area contributed by atoms with Gasteiger partial charge < -0.3 is 10.2 Å². The van der Waals surface area contributed by atoms with Crippen molar-refractivity contribution in [1.29, 1.82) is 0 Å². The summed E-state index contributed by atoms with van der Waals surface area (Å²) in [5, 5.41) is 19.4. The third-order valence-electron chi connectivity index (χ3n) is 4.05. The summed E-state index contributed by atoms with van der Waals surface area (Å²) in [6.07, 6.45) is 2.27. The van der Waals surface area contributed by atoms with Gasteiger partial charge in [-0.15, -0.1) is 0 Å². The number of carboxylic acid groups (broad SMARTS) is 1. The predicted molar refractivity (Wildman–Crippen MR) is 80.7 cm³/mol. The van der Waals surface area contributed by atoms with Crippen LogP contribution in [0.4, 0.5) is 0 Å². The van der Waals surface area contributed by atoms with Gasteiger partial charge in [0.2, 0.25) is 0 Å². The minimum atomic E-state index is -0.694. The van der Waals surface area contributed by atoms with Gasteiger partial charge in [-0.2, -0.15) is 0 Å². The average Bonchev–Trinajstić information content (AvgIpc) is 2.79. The van der Waals surface area contributed by atoms with Crippen molar-refractivity contribution in [3.63, 3.8) is 0 Å². The highest BCUT2D eigenvalue weighted by atomic mass is 79.9. The lowest BCUT2D eigenvalue weighted by Gasteiger charge is -2.24. The van der Waals surface area contributed by atoms with Crippen molar-refractivity contribution >= 4 is 21.9 Å². The van der Waals surface area contributed by atoms with E-state index in [0.29, 0.717) is 25.9 Å². The van der Waals surface area contributed by atoms with E-state index in [4.69, 9.17) is 0 Å². The van der Waals surface area contributed by atoms with Crippen molar-refractivity contribution in [2.24, 2.45) is 5.41 Å². The minimum absolute atomic E-state index is 0.261. The number of aromatic hydroxyl groups is 1. The van der Waals surface area contributed by atoms with Crippen LogP contribution < -0.4 is 0 Å². The van der Waals surface area contributed by atoms with E-state index in [1.165, 1.54) is 0 Å². The smallest absolute Gasteiger partial charge is 0.310 e. The van der Waals surface area contributed by atoms with Gasteiger partial charge in [-0.25, -0.2) is 0 Å². The number of hydrogen-bond donors (Lipinski definition) is 2. The summed E-state index contributed by atoms with van der Waals surface area (Å²) in [6.45, 7) is 3.93. The molecule has 0 saturated carbocycles. The Hall–Kier alpha value is -1.07. The van der Waals surface area contributed by atoms with Crippen LogP contribution in [-0.4, -0.2) is 34.2 Å². The van der Waals surface area contributed by atoms with E-state index in [-0.39, 0.29) is 5.75 Å². The fraction of sp³-hybridized carbons (Fsp3) is 0.533. The fourth-order valence-electron chi connectivity index (χ4n) is 2.98. The van der Waals surface area contributed by atoms with Crippen molar-refractivity contribution in [2.45, 2.75) is 32.7 Å². The minimum Gasteiger partial charge on any atom is -0.508 e. The Morgan fingerprint density at radius 2 is 2.25 bits per heavy atom. The van der Waals surface area contributed by atoms with Crippen LogP contribution in [0, 0.1) is 5.41 Å². The molecule has 1 aromatic carbocycles. The van der Waals surface area contributed by atoms with E-state index in [2.05, 4.69) is 20.8 Å². The maximum absolute atomic E-state index is 11.5. The van der Waals surface area contributed by atoms with Crippen LogP contribution in [0.25, 0.3) is 0 Å². The maximum atomic E-state index is 11.5. The van der Waals surface area contributed by atoms with Crippen LogP contribution in [0.2, 0.25) is 0 Å². The summed E-state index contributed by atoms with van der Waals surface area (Å²) in [5.74, 6) is -0.433. The second-order valence-corrected chi connectivity index (χ2v) is 6.48. The van der Waals surface area contributed by atoms with Gasteiger partial charge in [-0.3, -0.25) is 9.69 Å². The summed E-state index contributed by atoms with van der Waals surface area (Å²) in [7, 11) is 0. The molecule has 0 bridgehead atoms. The van der Waals surface area contributed by atoms with Gasteiger partial charge in [0.15, 0.2) is 0 Å². The van der Waals surface area contributed by atoms with Crippen molar-refractivity contribution in [2.75, 3.05) is 13.1 Å². The summed E-state index contributed by atoms with van der Waals surface area (Å²) >= 11 is 3.39. The number of likely N-dealkylation sites (tertiary alicyclic amines) is 1. The largest absolute Gasteiger partial charge is 0.508 e. The first kappa shape index (κ1) is 15.3. The van der Waals surface area contributed by atoms with E-state index in [9.17, 15) is 15.0 Å². The zero-order chi connectivity index (χ0) is 14.8. The van der Waals surface area contributed by atoms with E-state index in [1.54, 1.807) is 12.1 Å². The van der Waals surface area contributed by atoms with Crippen LogP contribution in [-0.2, 0) is 11.3 Å². The van der Waals surface area contributed by atoms with Crippen molar-refractivity contribution < 1.29 is 15.0 Å². The van der Waals surface area contributed by atoms with Crippen molar-refractivity contribution in [3.8, 4) is 5.75 Å². The number of carbonyl (C=O) groups is 1. The third kappa shape index (κ3) is 3.15. The first-order valence-electron chi connectivity index (χ1n) is 6.90. The molecule has 1 unspecified atom stereocenters. The van der Waals surface area contributed by atoms with Gasteiger partial charge in [-0.1, -0.05) is 29.3 Å². The average molecular weight is 342 g/mol. The molecule has 1 atom stereocenters. The summed E-state index contributed by atoms with van der Waals surface area (Å²) < 4.78 is 0.919. The molecule has 1 aliphatic heterocycles. The molecular formula is C15H20BrNO3. The standard InChI is InChI=1S/C15H20BrNO3/c1-2-5-15(14(19)20)6-7-17(10-15)9-11-8-12(16)3-4-13(11)18/h3-4,8,18H,2,5-7,9-10H2,1H3,(H,19,20). The zero-order valence-corrected chi connectivity index (χ0v) is 13.2. The number of carboxylic acids is 1. The molecule has 0 aliphatic carbocycles. The summed E-state index contributed by atoms with van der Waals surface area (Å²) in [4.78, 5) is 13.7. The maximum Gasteiger partial charge on any atom is 0.310 e. The van der Waals surface area contributed by atoms with Gasteiger partial charge in [0.05, 0.1) is 5.41 Å². The normalized spacial score (nSPS) is 23.1. The van der Waals surface area contributed by atoms with Gasteiger partial charge in [-0.05, 0) is 37.6 Å². The molecule has 110 valence electrons. The molecule has 2 N–H and O–H groups in total. The number of benzene rings is 1. The Kier molecular flexibility index (Phi) is 4.70. The monoisotopic (exact) mass is 341 g/mol. The second-order valence-electron chi connectivity index (χ2n) is 5.57. The molecular weight excluding hydrogens is 322 g/mol. The lowest BCUT2D eigenvalue weighted by molar-refractivity contribution is -0.148. The predicted octanol–water partition coefficient (Wildman–Crippen LogP) is 3.23. The molecule has 0 radical (unpaired) electrons. The quantitative estimate of drug-likeness (QED) is 0.863. The van der Waals surface area contributed by atoms with E-state index >= 15 is 0 Å². The number of nitrogens with zero attached hydrogens (tertiary/aromatic N) is 1. The van der Waals surface area contributed by atoms with Gasteiger partial charge >= 0.3 is 5.97 Å². The lowest BCUT2D eigenvalue weighted by atomic mass is 9.83. The Morgan fingerprint density at radius 1 is 1.50 bits per heavy atom. The van der Waals surface area contributed by atoms with E-state index in [1.807, 2.05) is 13.0 Å². The highest BCUT2D eigenvalue weighted by Gasteiger charge is 2.43. The number of hydrogen-bond acceptors (Lipinski definition) is 3. The highest BCUT2D eigenvalue weighted by Crippen LogP contribution is 2.37. The first-order chi connectivity index (χ1) is 9.47. The molecule has 1 aromatic rings. The Morgan fingerprint density at radius 3 is 2.90 bits per heavy atom. The highest BCUT2D eigenvalue weighted by molar-refractivity contribution is 9.10. The molecule has 2 rings (SSSR count). The molecule has 5 heteroatoms. The molecule has 0 amide bonds. The summed E-state index contributed by atoms with van der Waals surface area (Å²) in [6, 6.07) is 5.34. The Labute approximate surface area is 127 Å². The van der Waals surface area contributed by atoms with E-state index in [0.717, 1.165) is 23.0 Å². The van der Waals surface area contributed by atoms with E-state index < -0.39 is 11.4 Å². The molecule has 1 heterocycles. The van der Waals surface area contributed by atoms with Crippen LogP contribution in [0.1, 0.15) is 31.7 Å². The topological polar surface area (TPSA) is 60.8 Å². The molecule has 4 nitrogen and oxygen atoms in total. The Bertz CT molecular complexity index is 506. The number of phenols is 1. The fourth-order valence-corrected chi connectivity index (χ4v) is 3.39. The Balaban J connectivity index is 2.09. The first-order valence-corrected chi connectivity index (χ1v) is 7.69. The second kappa shape index (κ2) is 6.14. The molecule has 20 heavy (non-hydrogen) atoms. The van der Waals surface area contributed by atoms with Gasteiger partial charge in [0.25, 0.3) is 0 Å². The van der Waals surface area contributed by atoms with Crippen LogP contribution >= 0.6 is 15.9 Å². The molecule has 1 aliphatic rings.